The molecule has 1 unspecified atom stereocenters. The van der Waals surface area contributed by atoms with Crippen LogP contribution in [0.1, 0.15) is 27.2 Å². The van der Waals surface area contributed by atoms with E-state index in [4.69, 9.17) is 10.8 Å². The summed E-state index contributed by atoms with van der Waals surface area (Å²) in [5.74, 6) is -0.319. The summed E-state index contributed by atoms with van der Waals surface area (Å²) in [4.78, 5) is 12.7. The highest BCUT2D eigenvalue weighted by Gasteiger charge is 2.29. The monoisotopic (exact) mass is 202 g/mol. The molecule has 0 aliphatic heterocycles. The molecule has 4 heteroatoms. The number of hydrogen-bond acceptors (Lipinski definition) is 3. The molecule has 4 nitrogen and oxygen atoms in total. The zero-order valence-corrected chi connectivity index (χ0v) is 9.58. The van der Waals surface area contributed by atoms with Gasteiger partial charge in [0.2, 0.25) is 0 Å². The van der Waals surface area contributed by atoms with E-state index in [1.165, 1.54) is 0 Å². The smallest absolute Gasteiger partial charge is 0.324 e. The van der Waals surface area contributed by atoms with Gasteiger partial charge in [-0.1, -0.05) is 13.8 Å². The van der Waals surface area contributed by atoms with Gasteiger partial charge in [-0.3, -0.25) is 4.79 Å². The summed E-state index contributed by atoms with van der Waals surface area (Å²) in [5.41, 5.74) is 4.48. The Morgan fingerprint density at radius 3 is 2.43 bits per heavy atom. The summed E-state index contributed by atoms with van der Waals surface area (Å²) in [6.07, 6.45) is 1.06. The molecular weight excluding hydrogens is 180 g/mol. The molecule has 0 radical (unpaired) electrons. The van der Waals surface area contributed by atoms with E-state index in [0.717, 1.165) is 13.0 Å². The largest absolute Gasteiger partial charge is 0.480 e. The zero-order chi connectivity index (χ0) is 11.4. The van der Waals surface area contributed by atoms with Crippen LogP contribution in [0.3, 0.4) is 0 Å². The molecule has 1 atom stereocenters. The van der Waals surface area contributed by atoms with Crippen molar-refractivity contribution < 1.29 is 9.90 Å². The minimum absolute atomic E-state index is 0.384. The number of rotatable bonds is 6. The van der Waals surface area contributed by atoms with Gasteiger partial charge in [-0.25, -0.2) is 0 Å². The van der Waals surface area contributed by atoms with Gasteiger partial charge in [-0.15, -0.1) is 0 Å². The van der Waals surface area contributed by atoms with Crippen LogP contribution < -0.4 is 5.73 Å². The molecule has 14 heavy (non-hydrogen) atoms. The van der Waals surface area contributed by atoms with Gasteiger partial charge in [0, 0.05) is 6.54 Å². The van der Waals surface area contributed by atoms with Crippen molar-refractivity contribution in [1.82, 2.24) is 4.90 Å². The van der Waals surface area contributed by atoms with Gasteiger partial charge >= 0.3 is 5.97 Å². The van der Waals surface area contributed by atoms with Crippen LogP contribution >= 0.6 is 0 Å². The lowest BCUT2D eigenvalue weighted by molar-refractivity contribution is -0.143. The fourth-order valence-electron chi connectivity index (χ4n) is 1.19. The first kappa shape index (κ1) is 13.4. The highest BCUT2D eigenvalue weighted by Crippen LogP contribution is 2.05. The minimum Gasteiger partial charge on any atom is -0.480 e. The van der Waals surface area contributed by atoms with Crippen LogP contribution in [0.4, 0.5) is 0 Å². The molecule has 0 saturated heterocycles. The lowest BCUT2D eigenvalue weighted by Crippen LogP contribution is -2.53. The Hall–Kier alpha value is -0.610. The standard InChI is InChI=1S/C10H22N2O2/c1-8(2)5-6-12(4)7-10(3,11)9(13)14/h8H,5-7,11H2,1-4H3,(H,13,14). The lowest BCUT2D eigenvalue weighted by atomic mass is 10.0. The van der Waals surface area contributed by atoms with Crippen LogP contribution in [-0.2, 0) is 4.79 Å². The molecule has 0 rings (SSSR count). The second-order valence-corrected chi connectivity index (χ2v) is 4.64. The maximum Gasteiger partial charge on any atom is 0.324 e. The summed E-state index contributed by atoms with van der Waals surface area (Å²) in [6.45, 7) is 7.10. The molecule has 0 aromatic carbocycles. The predicted molar refractivity (Wildman–Crippen MR) is 57.2 cm³/mol. The van der Waals surface area contributed by atoms with Gasteiger partial charge in [0.15, 0.2) is 0 Å². The van der Waals surface area contributed by atoms with Gasteiger partial charge in [-0.2, -0.15) is 0 Å². The molecule has 0 bridgehead atoms. The highest BCUT2D eigenvalue weighted by molar-refractivity contribution is 5.78. The van der Waals surface area contributed by atoms with E-state index in [2.05, 4.69) is 13.8 Å². The third-order valence-corrected chi connectivity index (χ3v) is 2.18. The Morgan fingerprint density at radius 1 is 1.57 bits per heavy atom. The van der Waals surface area contributed by atoms with Crippen molar-refractivity contribution in [2.45, 2.75) is 32.7 Å². The summed E-state index contributed by atoms with van der Waals surface area (Å²) in [5, 5.41) is 8.82. The second-order valence-electron chi connectivity index (χ2n) is 4.64. The topological polar surface area (TPSA) is 66.6 Å². The molecule has 0 heterocycles. The summed E-state index contributed by atoms with van der Waals surface area (Å²) in [7, 11) is 1.90. The summed E-state index contributed by atoms with van der Waals surface area (Å²) < 4.78 is 0. The molecule has 0 aliphatic carbocycles. The molecule has 0 aromatic heterocycles. The van der Waals surface area contributed by atoms with Crippen molar-refractivity contribution >= 4 is 5.97 Å². The van der Waals surface area contributed by atoms with Crippen molar-refractivity contribution in [1.29, 1.82) is 0 Å². The molecule has 0 aromatic rings. The number of carboxylic acids is 1. The molecule has 0 amide bonds. The second kappa shape index (κ2) is 5.32. The Bertz CT molecular complexity index is 191. The number of likely N-dealkylation sites (N-methyl/N-ethyl adjacent to an activating group) is 1. The summed E-state index contributed by atoms with van der Waals surface area (Å²) >= 11 is 0. The Morgan fingerprint density at radius 2 is 2.07 bits per heavy atom. The van der Waals surface area contributed by atoms with E-state index < -0.39 is 11.5 Å². The van der Waals surface area contributed by atoms with Crippen molar-refractivity contribution in [2.75, 3.05) is 20.1 Å². The quantitative estimate of drug-likeness (QED) is 0.667. The van der Waals surface area contributed by atoms with E-state index in [0.29, 0.717) is 12.5 Å². The van der Waals surface area contributed by atoms with Crippen LogP contribution in [0, 0.1) is 5.92 Å². The van der Waals surface area contributed by atoms with Crippen molar-refractivity contribution in [3.63, 3.8) is 0 Å². The number of nitrogens with zero attached hydrogens (tertiary/aromatic N) is 1. The van der Waals surface area contributed by atoms with Gasteiger partial charge in [-0.05, 0) is 32.9 Å². The van der Waals surface area contributed by atoms with Crippen molar-refractivity contribution in [3.05, 3.63) is 0 Å². The first-order valence-electron chi connectivity index (χ1n) is 4.96. The van der Waals surface area contributed by atoms with Crippen LogP contribution in [0.2, 0.25) is 0 Å². The van der Waals surface area contributed by atoms with E-state index in [1.54, 1.807) is 6.92 Å². The SMILES string of the molecule is CC(C)CCN(C)CC(C)(N)C(=O)O. The fourth-order valence-corrected chi connectivity index (χ4v) is 1.19. The maximum absolute atomic E-state index is 10.7. The number of carboxylic acid groups (broad SMARTS) is 1. The van der Waals surface area contributed by atoms with Crippen molar-refractivity contribution in [2.24, 2.45) is 11.7 Å². The van der Waals surface area contributed by atoms with Gasteiger partial charge < -0.3 is 15.7 Å². The number of aliphatic carboxylic acids is 1. The molecule has 3 N–H and O–H groups in total. The van der Waals surface area contributed by atoms with E-state index in [1.807, 2.05) is 11.9 Å². The number of carbonyl (C=O) groups is 1. The molecule has 0 aliphatic rings. The highest BCUT2D eigenvalue weighted by atomic mass is 16.4. The normalized spacial score (nSPS) is 15.9. The first-order valence-corrected chi connectivity index (χ1v) is 4.96. The van der Waals surface area contributed by atoms with Crippen LogP contribution in [-0.4, -0.2) is 41.7 Å². The fraction of sp³-hybridized carbons (Fsp3) is 0.900. The molecular formula is C10H22N2O2. The van der Waals surface area contributed by atoms with Gasteiger partial charge in [0.1, 0.15) is 5.54 Å². The van der Waals surface area contributed by atoms with Crippen molar-refractivity contribution in [3.8, 4) is 0 Å². The third-order valence-electron chi connectivity index (χ3n) is 2.18. The predicted octanol–water partition coefficient (Wildman–Crippen LogP) is 0.766. The average molecular weight is 202 g/mol. The van der Waals surface area contributed by atoms with E-state index in [-0.39, 0.29) is 0 Å². The van der Waals surface area contributed by atoms with Crippen LogP contribution in [0.15, 0.2) is 0 Å². The zero-order valence-electron chi connectivity index (χ0n) is 9.58. The van der Waals surface area contributed by atoms with Crippen LogP contribution in [0.5, 0.6) is 0 Å². The number of nitrogens with two attached hydrogens (primary N) is 1. The molecule has 84 valence electrons. The van der Waals surface area contributed by atoms with Gasteiger partial charge in [0.25, 0.3) is 0 Å². The van der Waals surface area contributed by atoms with Gasteiger partial charge in [0.05, 0.1) is 0 Å². The Labute approximate surface area is 86.1 Å². The van der Waals surface area contributed by atoms with Crippen LogP contribution in [0.25, 0.3) is 0 Å². The maximum atomic E-state index is 10.7. The number of hydrogen-bond donors (Lipinski definition) is 2. The van der Waals surface area contributed by atoms with E-state index in [9.17, 15) is 4.79 Å². The van der Waals surface area contributed by atoms with E-state index >= 15 is 0 Å². The molecule has 0 saturated carbocycles. The Balaban J connectivity index is 3.93. The molecule has 0 spiro atoms. The average Bonchev–Trinajstić information content (AvgIpc) is 1.99. The Kier molecular flexibility index (Phi) is 5.08. The third kappa shape index (κ3) is 5.19. The first-order chi connectivity index (χ1) is 6.25. The summed E-state index contributed by atoms with van der Waals surface area (Å²) in [6, 6.07) is 0. The molecule has 0 fully saturated rings. The lowest BCUT2D eigenvalue weighted by Gasteiger charge is -2.26. The minimum atomic E-state index is -1.15.